The Morgan fingerprint density at radius 3 is 2.42 bits per heavy atom. The van der Waals surface area contributed by atoms with Crippen molar-refractivity contribution in [3.8, 4) is 0 Å². The van der Waals surface area contributed by atoms with E-state index in [1.165, 1.54) is 47.4 Å². The summed E-state index contributed by atoms with van der Waals surface area (Å²) in [6, 6.07) is 10.8. The lowest BCUT2D eigenvalue weighted by molar-refractivity contribution is 0.550. The van der Waals surface area contributed by atoms with Crippen molar-refractivity contribution in [3.05, 3.63) is 83.7 Å². The van der Waals surface area contributed by atoms with Crippen LogP contribution in [0.25, 0.3) is 0 Å². The first kappa shape index (κ1) is 18.2. The number of hydrogen-bond acceptors (Lipinski definition) is 3. The largest absolute Gasteiger partial charge is 0.274 e. The Balaban J connectivity index is 1.95. The van der Waals surface area contributed by atoms with Gasteiger partial charge >= 0.3 is 0 Å². The van der Waals surface area contributed by atoms with E-state index in [-0.39, 0.29) is 11.3 Å². The second-order valence-electron chi connectivity index (χ2n) is 5.91. The number of aryl methyl sites for hydroxylation is 1. The molecule has 8 heteroatoms. The van der Waals surface area contributed by atoms with Crippen LogP contribution in [-0.4, -0.2) is 18.2 Å². The van der Waals surface area contributed by atoms with Crippen LogP contribution in [0.5, 0.6) is 0 Å². The fourth-order valence-electron chi connectivity index (χ4n) is 2.64. The van der Waals surface area contributed by atoms with E-state index in [1.807, 2.05) is 0 Å². The van der Waals surface area contributed by atoms with E-state index in [0.29, 0.717) is 11.1 Å². The Kier molecular flexibility index (Phi) is 5.15. The monoisotopic (exact) mass is 377 g/mol. The summed E-state index contributed by atoms with van der Waals surface area (Å²) in [5, 5.41) is 3.86. The smallest absolute Gasteiger partial charge is 0.244 e. The molecular formula is C18H17F2N3O2S. The van der Waals surface area contributed by atoms with Crippen LogP contribution >= 0.6 is 0 Å². The highest BCUT2D eigenvalue weighted by Crippen LogP contribution is 2.22. The van der Waals surface area contributed by atoms with Crippen LogP contribution in [0, 0.1) is 11.6 Å². The normalized spacial score (nSPS) is 12.9. The zero-order valence-electron chi connectivity index (χ0n) is 13.9. The summed E-state index contributed by atoms with van der Waals surface area (Å²) in [6.45, 7) is 0. The number of nitrogens with one attached hydrogen (secondary N) is 1. The van der Waals surface area contributed by atoms with Gasteiger partial charge in [0.25, 0.3) is 0 Å². The quantitative estimate of drug-likeness (QED) is 0.718. The second kappa shape index (κ2) is 7.35. The number of rotatable bonds is 6. The zero-order chi connectivity index (χ0) is 18.7. The second-order valence-corrected chi connectivity index (χ2v) is 7.63. The summed E-state index contributed by atoms with van der Waals surface area (Å²) in [4.78, 5) is 0.000597. The van der Waals surface area contributed by atoms with E-state index in [2.05, 4.69) is 9.82 Å². The molecule has 0 aliphatic rings. The fraction of sp³-hybridized carbons (Fsp3) is 0.167. The lowest BCUT2D eigenvalue weighted by Gasteiger charge is -2.19. The molecule has 0 bridgehead atoms. The molecule has 0 amide bonds. The maximum absolute atomic E-state index is 13.6. The van der Waals surface area contributed by atoms with Gasteiger partial charge in [-0.15, -0.1) is 0 Å². The summed E-state index contributed by atoms with van der Waals surface area (Å²) < 4.78 is 56.3. The summed E-state index contributed by atoms with van der Waals surface area (Å²) in [6.07, 6.45) is 2.76. The Morgan fingerprint density at radius 1 is 1.12 bits per heavy atom. The summed E-state index contributed by atoms with van der Waals surface area (Å²) in [5.41, 5.74) is 1.04. The lowest BCUT2D eigenvalue weighted by atomic mass is 9.99. The van der Waals surface area contributed by atoms with E-state index < -0.39 is 27.7 Å². The average Bonchev–Trinajstić information content (AvgIpc) is 3.02. The van der Waals surface area contributed by atoms with Gasteiger partial charge < -0.3 is 0 Å². The molecule has 5 nitrogen and oxygen atoms in total. The highest BCUT2D eigenvalue weighted by atomic mass is 32.2. The lowest BCUT2D eigenvalue weighted by Crippen LogP contribution is -2.30. The molecule has 0 saturated carbocycles. The third kappa shape index (κ3) is 4.33. The molecule has 0 radical (unpaired) electrons. The van der Waals surface area contributed by atoms with Gasteiger partial charge in [-0.2, -0.15) is 5.10 Å². The first-order chi connectivity index (χ1) is 12.3. The van der Waals surface area contributed by atoms with Gasteiger partial charge in [0.2, 0.25) is 10.0 Å². The fourth-order valence-corrected chi connectivity index (χ4v) is 3.85. The van der Waals surface area contributed by atoms with Gasteiger partial charge in [-0.3, -0.25) is 4.68 Å². The molecule has 1 aromatic heterocycles. The minimum Gasteiger partial charge on any atom is -0.274 e. The van der Waals surface area contributed by atoms with Crippen LogP contribution < -0.4 is 4.72 Å². The average molecular weight is 377 g/mol. The zero-order valence-corrected chi connectivity index (χ0v) is 14.7. The molecule has 1 atom stereocenters. The SMILES string of the molecule is Cn1cc(S(=O)(=O)NC(Cc2cccc(F)c2)c2cccc(F)c2)cn1. The molecule has 0 fully saturated rings. The summed E-state index contributed by atoms with van der Waals surface area (Å²) in [5.74, 6) is -0.900. The van der Waals surface area contributed by atoms with E-state index >= 15 is 0 Å². The van der Waals surface area contributed by atoms with Crippen molar-refractivity contribution in [2.24, 2.45) is 7.05 Å². The van der Waals surface area contributed by atoms with Gasteiger partial charge in [0.1, 0.15) is 16.5 Å². The maximum Gasteiger partial charge on any atom is 0.244 e. The molecule has 3 aromatic rings. The number of nitrogens with zero attached hydrogens (tertiary/aromatic N) is 2. The molecular weight excluding hydrogens is 360 g/mol. The van der Waals surface area contributed by atoms with Crippen molar-refractivity contribution in [3.63, 3.8) is 0 Å². The minimum absolute atomic E-state index is 0.000597. The first-order valence-electron chi connectivity index (χ1n) is 7.84. The third-order valence-corrected chi connectivity index (χ3v) is 5.30. The minimum atomic E-state index is -3.88. The van der Waals surface area contributed by atoms with Crippen molar-refractivity contribution in [1.82, 2.24) is 14.5 Å². The molecule has 1 unspecified atom stereocenters. The van der Waals surface area contributed by atoms with Crippen LogP contribution in [0.4, 0.5) is 8.78 Å². The molecule has 0 aliphatic heterocycles. The van der Waals surface area contributed by atoms with Crippen LogP contribution in [0.3, 0.4) is 0 Å². The van der Waals surface area contributed by atoms with Gasteiger partial charge in [-0.25, -0.2) is 21.9 Å². The number of halogens is 2. The third-order valence-electron chi connectivity index (χ3n) is 3.87. The number of aromatic nitrogens is 2. The molecule has 0 spiro atoms. The molecule has 2 aromatic carbocycles. The molecule has 136 valence electrons. The topological polar surface area (TPSA) is 64.0 Å². The Labute approximate surface area is 150 Å². The van der Waals surface area contributed by atoms with Crippen molar-refractivity contribution >= 4 is 10.0 Å². The highest BCUT2D eigenvalue weighted by Gasteiger charge is 2.23. The van der Waals surface area contributed by atoms with E-state index in [9.17, 15) is 17.2 Å². The maximum atomic E-state index is 13.6. The van der Waals surface area contributed by atoms with E-state index in [0.717, 1.165) is 0 Å². The van der Waals surface area contributed by atoms with Gasteiger partial charge in [-0.05, 0) is 41.8 Å². The van der Waals surface area contributed by atoms with Crippen molar-refractivity contribution in [2.75, 3.05) is 0 Å². The predicted molar refractivity (Wildman–Crippen MR) is 92.8 cm³/mol. The van der Waals surface area contributed by atoms with Crippen molar-refractivity contribution < 1.29 is 17.2 Å². The molecule has 1 heterocycles. The van der Waals surface area contributed by atoms with E-state index in [1.54, 1.807) is 25.2 Å². The van der Waals surface area contributed by atoms with Gasteiger partial charge in [-0.1, -0.05) is 24.3 Å². The van der Waals surface area contributed by atoms with Crippen LogP contribution in [0.15, 0.2) is 65.8 Å². The molecule has 0 saturated heterocycles. The standard InChI is InChI=1S/C18H17F2N3O2S/c1-23-12-17(11-21-23)26(24,25)22-18(14-5-3-7-16(20)10-14)9-13-4-2-6-15(19)8-13/h2-8,10-12,18,22H,9H2,1H3. The molecule has 26 heavy (non-hydrogen) atoms. The van der Waals surface area contributed by atoms with Gasteiger partial charge in [0.15, 0.2) is 0 Å². The van der Waals surface area contributed by atoms with Gasteiger partial charge in [0, 0.05) is 13.2 Å². The van der Waals surface area contributed by atoms with Crippen molar-refractivity contribution in [1.29, 1.82) is 0 Å². The van der Waals surface area contributed by atoms with E-state index in [4.69, 9.17) is 0 Å². The summed E-state index contributed by atoms with van der Waals surface area (Å²) >= 11 is 0. The Bertz CT molecular complexity index is 1020. The first-order valence-corrected chi connectivity index (χ1v) is 9.33. The van der Waals surface area contributed by atoms with Crippen LogP contribution in [-0.2, 0) is 23.5 Å². The molecule has 0 aliphatic carbocycles. The van der Waals surface area contributed by atoms with Crippen molar-refractivity contribution in [2.45, 2.75) is 17.4 Å². The number of benzene rings is 2. The molecule has 1 N–H and O–H groups in total. The highest BCUT2D eigenvalue weighted by molar-refractivity contribution is 7.89. The number of hydrogen-bond donors (Lipinski definition) is 1. The van der Waals surface area contributed by atoms with Crippen LogP contribution in [0.1, 0.15) is 17.2 Å². The van der Waals surface area contributed by atoms with Gasteiger partial charge in [0.05, 0.1) is 12.2 Å². The molecule has 3 rings (SSSR count). The Hall–Kier alpha value is -2.58. The summed E-state index contributed by atoms with van der Waals surface area (Å²) in [7, 11) is -2.27. The predicted octanol–water partition coefficient (Wildman–Crippen LogP) is 2.96. The Morgan fingerprint density at radius 2 is 1.81 bits per heavy atom. The van der Waals surface area contributed by atoms with Crippen LogP contribution in [0.2, 0.25) is 0 Å². The number of sulfonamides is 1.